The molecule has 0 aliphatic heterocycles. The lowest BCUT2D eigenvalue weighted by atomic mass is 10.1. The third kappa shape index (κ3) is 56.9. The van der Waals surface area contributed by atoms with Crippen LogP contribution in [0.3, 0.4) is 0 Å². The lowest BCUT2D eigenvalue weighted by Gasteiger charge is -2.26. The predicted octanol–water partition coefficient (Wildman–Crippen LogP) is 16.3. The van der Waals surface area contributed by atoms with Gasteiger partial charge in [-0.1, -0.05) is 230 Å². The Bertz CT molecular complexity index is 1750. The Labute approximate surface area is 464 Å². The highest BCUT2D eigenvalue weighted by molar-refractivity contribution is 5.70. The van der Waals surface area contributed by atoms with E-state index < -0.39 is 24.3 Å². The molecule has 0 bridgehead atoms. The summed E-state index contributed by atoms with van der Waals surface area (Å²) in [6.45, 7) is 4.55. The van der Waals surface area contributed by atoms with E-state index >= 15 is 0 Å². The van der Waals surface area contributed by atoms with Crippen LogP contribution in [0.15, 0.2) is 146 Å². The van der Waals surface area contributed by atoms with Crippen LogP contribution in [0.2, 0.25) is 0 Å². The van der Waals surface area contributed by atoms with Gasteiger partial charge in [0.05, 0.1) is 40.3 Å². The molecule has 0 rings (SSSR count). The molecule has 9 nitrogen and oxygen atoms in total. The van der Waals surface area contributed by atoms with Gasteiger partial charge in [-0.15, -0.1) is 0 Å². The highest BCUT2D eigenvalue weighted by Crippen LogP contribution is 2.13. The number of carboxylic acid groups (broad SMARTS) is 1. The summed E-state index contributed by atoms with van der Waals surface area (Å²) in [5, 5.41) is 11.7. The molecular weight excluding hydrogens is 947 g/mol. The number of esters is 2. The first kappa shape index (κ1) is 71.2. The zero-order chi connectivity index (χ0) is 55.5. The van der Waals surface area contributed by atoms with Gasteiger partial charge in [0.1, 0.15) is 13.2 Å². The molecule has 0 aromatic heterocycles. The first-order valence-electron chi connectivity index (χ1n) is 29.5. The number of unbranched alkanes of at least 4 members (excludes halogenated alkanes) is 13. The molecule has 0 aliphatic rings. The van der Waals surface area contributed by atoms with Gasteiger partial charge in [0.15, 0.2) is 12.4 Å². The number of quaternary nitrogens is 1. The number of aliphatic carboxylic acids is 1. The van der Waals surface area contributed by atoms with Crippen LogP contribution in [-0.4, -0.2) is 82.3 Å². The van der Waals surface area contributed by atoms with Crippen LogP contribution in [0.4, 0.5) is 0 Å². The van der Waals surface area contributed by atoms with Crippen molar-refractivity contribution in [2.75, 3.05) is 47.5 Å². The third-order valence-corrected chi connectivity index (χ3v) is 11.9. The molecule has 0 saturated carbocycles. The van der Waals surface area contributed by atoms with Gasteiger partial charge in [-0.2, -0.15) is 0 Å². The second-order valence-electron chi connectivity index (χ2n) is 20.2. The fraction of sp³-hybridized carbons (Fsp3) is 0.597. The fourth-order valence-corrected chi connectivity index (χ4v) is 7.34. The largest absolute Gasteiger partial charge is 0.545 e. The molecule has 428 valence electrons. The van der Waals surface area contributed by atoms with E-state index in [4.69, 9.17) is 18.9 Å². The number of hydrogen-bond donors (Lipinski definition) is 0. The molecule has 0 heterocycles. The summed E-state index contributed by atoms with van der Waals surface area (Å²) < 4.78 is 22.6. The summed E-state index contributed by atoms with van der Waals surface area (Å²) in [7, 11) is 5.89. The van der Waals surface area contributed by atoms with E-state index in [1.54, 1.807) is 0 Å². The Hall–Kier alpha value is -4.83. The topological polar surface area (TPSA) is 111 Å². The molecule has 0 saturated heterocycles. The van der Waals surface area contributed by atoms with E-state index in [-0.39, 0.29) is 38.6 Å². The Morgan fingerprint density at radius 3 is 1.12 bits per heavy atom. The average Bonchev–Trinajstić information content (AvgIpc) is 3.39. The first-order valence-corrected chi connectivity index (χ1v) is 29.5. The van der Waals surface area contributed by atoms with Crippen molar-refractivity contribution in [2.45, 2.75) is 212 Å². The molecule has 0 fully saturated rings. The molecule has 0 aliphatic carbocycles. The lowest BCUT2D eigenvalue weighted by molar-refractivity contribution is -0.870. The van der Waals surface area contributed by atoms with Crippen LogP contribution < -0.4 is 5.11 Å². The summed E-state index contributed by atoms with van der Waals surface area (Å²) in [6, 6.07) is 0. The number of likely N-dealkylation sites (N-methyl/N-ethyl adjacent to an activating group) is 1. The first-order chi connectivity index (χ1) is 37.1. The van der Waals surface area contributed by atoms with E-state index in [1.165, 1.54) is 44.9 Å². The molecule has 76 heavy (non-hydrogen) atoms. The van der Waals surface area contributed by atoms with Crippen molar-refractivity contribution < 1.29 is 42.9 Å². The fourth-order valence-electron chi connectivity index (χ4n) is 7.34. The molecule has 9 heteroatoms. The highest BCUT2D eigenvalue weighted by atomic mass is 16.7. The van der Waals surface area contributed by atoms with Gasteiger partial charge in [-0.3, -0.25) is 9.59 Å². The minimum Gasteiger partial charge on any atom is -0.545 e. The second-order valence-corrected chi connectivity index (χ2v) is 20.2. The maximum absolute atomic E-state index is 12.8. The van der Waals surface area contributed by atoms with Gasteiger partial charge in [-0.25, -0.2) is 0 Å². The number of rotatable bonds is 52. The number of allylic oxidation sites excluding steroid dienone is 24. The second kappa shape index (κ2) is 56.4. The summed E-state index contributed by atoms with van der Waals surface area (Å²) >= 11 is 0. The third-order valence-electron chi connectivity index (χ3n) is 11.9. The van der Waals surface area contributed by atoms with E-state index in [9.17, 15) is 19.5 Å². The maximum Gasteiger partial charge on any atom is 0.306 e. The van der Waals surface area contributed by atoms with Crippen LogP contribution >= 0.6 is 0 Å². The van der Waals surface area contributed by atoms with E-state index in [0.29, 0.717) is 17.4 Å². The molecular formula is C67H107NO8. The van der Waals surface area contributed by atoms with Crippen molar-refractivity contribution in [1.82, 2.24) is 0 Å². The summed E-state index contributed by atoms with van der Waals surface area (Å²) in [4.78, 5) is 37.1. The standard InChI is InChI=1S/C67H107NO8/c1-6-8-10-12-14-16-18-19-20-21-22-23-24-25-26-27-28-29-30-31-32-33-34-35-36-37-38-39-40-41-42-43-44-45-46-47-48-50-52-54-56-58-65(70)76-63(62-75-67(66(71)72)73-60-59-68(3,4)5)61-74-64(69)57-55-53-51-49-17-15-13-11-9-7-2/h8,10,14,16,19-20,22-23,25-26,28-29,31-32,34-35,37-38,40-41,43-44,46-47,63,67H,6-7,9,11-13,15,17-18,21,24,27,30,33,36,39,42,45,48-62H2,1-5H3/b10-8-,16-14-,20-19-,23-22-,26-25-,29-28-,32-31-,35-34-,38-37-,41-40-,44-43-,47-46-. The SMILES string of the molecule is CC/C=C\C/C=C\C/C=C\C/C=C\C/C=C\C/C=C\C/C=C\C/C=C\C/C=C\C/C=C\C/C=C\C/C=C\CCCCCCC(=O)OC(COC(=O)CCCCCCCCCCCC)COC(OCC[N+](C)(C)C)C(=O)[O-]. The molecule has 2 atom stereocenters. The smallest absolute Gasteiger partial charge is 0.306 e. The number of carboxylic acids is 1. The van der Waals surface area contributed by atoms with E-state index in [0.717, 1.165) is 122 Å². The highest BCUT2D eigenvalue weighted by Gasteiger charge is 2.22. The molecule has 0 aromatic rings. The number of carbonyl (C=O) groups excluding carboxylic acids is 3. The van der Waals surface area contributed by atoms with Crippen molar-refractivity contribution in [3.05, 3.63) is 146 Å². The Morgan fingerprint density at radius 2 is 0.750 bits per heavy atom. The van der Waals surface area contributed by atoms with Crippen LogP contribution in [0.25, 0.3) is 0 Å². The molecule has 0 N–H and O–H groups in total. The van der Waals surface area contributed by atoms with Crippen LogP contribution in [-0.2, 0) is 33.3 Å². The van der Waals surface area contributed by atoms with E-state index in [2.05, 4.69) is 160 Å². The molecule has 0 aromatic carbocycles. The minimum atomic E-state index is -1.63. The Balaban J connectivity index is 4.20. The Morgan fingerprint density at radius 1 is 0.408 bits per heavy atom. The van der Waals surface area contributed by atoms with Gasteiger partial charge in [-0.05, 0) is 103 Å². The monoisotopic (exact) mass is 1050 g/mol. The molecule has 0 spiro atoms. The predicted molar refractivity (Wildman–Crippen MR) is 319 cm³/mol. The zero-order valence-corrected chi connectivity index (χ0v) is 48.6. The van der Waals surface area contributed by atoms with Crippen molar-refractivity contribution >= 4 is 17.9 Å². The van der Waals surface area contributed by atoms with Crippen LogP contribution in [0, 0.1) is 0 Å². The van der Waals surface area contributed by atoms with E-state index in [1.807, 2.05) is 21.1 Å². The van der Waals surface area contributed by atoms with Crippen molar-refractivity contribution in [2.24, 2.45) is 0 Å². The van der Waals surface area contributed by atoms with Crippen molar-refractivity contribution in [1.29, 1.82) is 0 Å². The molecule has 0 amide bonds. The number of nitrogens with zero attached hydrogens (tertiary/aromatic N) is 1. The summed E-state index contributed by atoms with van der Waals surface area (Å²) in [5.41, 5.74) is 0. The number of hydrogen-bond acceptors (Lipinski definition) is 8. The average molecular weight is 1050 g/mol. The molecule has 0 radical (unpaired) electrons. The van der Waals surface area contributed by atoms with Gasteiger partial charge in [0.25, 0.3) is 0 Å². The Kier molecular flexibility index (Phi) is 52.8. The number of ether oxygens (including phenoxy) is 4. The van der Waals surface area contributed by atoms with Gasteiger partial charge in [0.2, 0.25) is 0 Å². The van der Waals surface area contributed by atoms with Crippen molar-refractivity contribution in [3.8, 4) is 0 Å². The normalized spacial score (nSPS) is 13.9. The zero-order valence-electron chi connectivity index (χ0n) is 48.6. The quantitative estimate of drug-likeness (QED) is 0.0195. The maximum atomic E-state index is 12.8. The van der Waals surface area contributed by atoms with Crippen LogP contribution in [0.5, 0.6) is 0 Å². The number of carbonyl (C=O) groups is 3. The molecule has 2 unspecified atom stereocenters. The summed E-state index contributed by atoms with van der Waals surface area (Å²) in [6.07, 6.45) is 79.2. The van der Waals surface area contributed by atoms with Gasteiger partial charge >= 0.3 is 11.9 Å². The minimum absolute atomic E-state index is 0.136. The summed E-state index contributed by atoms with van der Waals surface area (Å²) in [5.74, 6) is -2.34. The van der Waals surface area contributed by atoms with Gasteiger partial charge in [0, 0.05) is 12.8 Å². The van der Waals surface area contributed by atoms with Crippen molar-refractivity contribution in [3.63, 3.8) is 0 Å². The lowest BCUT2D eigenvalue weighted by Crippen LogP contribution is -2.44. The van der Waals surface area contributed by atoms with Crippen LogP contribution in [0.1, 0.15) is 200 Å². The van der Waals surface area contributed by atoms with Gasteiger partial charge < -0.3 is 33.3 Å².